The molecule has 8 nitrogen and oxygen atoms in total. The number of methoxy groups -OCH3 is 1. The van der Waals surface area contributed by atoms with Crippen LogP contribution >= 0.6 is 11.6 Å². The fourth-order valence-corrected chi connectivity index (χ4v) is 5.56. The van der Waals surface area contributed by atoms with E-state index in [0.29, 0.717) is 12.0 Å². The number of alkyl halides is 2. The summed E-state index contributed by atoms with van der Waals surface area (Å²) in [6.07, 6.45) is 7.88. The van der Waals surface area contributed by atoms with E-state index < -0.39 is 23.0 Å². The van der Waals surface area contributed by atoms with Gasteiger partial charge in [0.05, 0.1) is 36.0 Å². The number of imidazole rings is 1. The van der Waals surface area contributed by atoms with Gasteiger partial charge in [0.2, 0.25) is 5.88 Å². The molecule has 2 aromatic carbocycles. The van der Waals surface area contributed by atoms with E-state index in [4.69, 9.17) is 16.3 Å². The first kappa shape index (κ1) is 29.3. The largest absolute Gasteiger partial charge is 0.481 e. The highest BCUT2D eigenvalue weighted by molar-refractivity contribution is 6.36. The number of aliphatic hydroxyl groups is 1. The molecule has 0 spiro atoms. The summed E-state index contributed by atoms with van der Waals surface area (Å²) in [4.78, 5) is 12.4. The van der Waals surface area contributed by atoms with Gasteiger partial charge in [0.15, 0.2) is 5.60 Å². The van der Waals surface area contributed by atoms with Crippen molar-refractivity contribution in [2.45, 2.75) is 24.9 Å². The van der Waals surface area contributed by atoms with Crippen LogP contribution in [0.3, 0.4) is 0 Å². The topological polar surface area (TPSA) is 90.9 Å². The quantitative estimate of drug-likeness (QED) is 0.214. The molecular weight excluding hydrogens is 593 g/mol. The molecule has 44 heavy (non-hydrogen) atoms. The zero-order chi connectivity index (χ0) is 31.2. The molecule has 0 saturated carbocycles. The molecule has 0 fully saturated rings. The monoisotopic (exact) mass is 618 g/mol. The van der Waals surface area contributed by atoms with Gasteiger partial charge in [0.25, 0.3) is 5.92 Å². The highest BCUT2D eigenvalue weighted by Crippen LogP contribution is 2.42. The van der Waals surface area contributed by atoms with Gasteiger partial charge in [-0.3, -0.25) is 4.98 Å². The van der Waals surface area contributed by atoms with E-state index in [1.54, 1.807) is 22.5 Å². The minimum Gasteiger partial charge on any atom is -0.481 e. The number of benzene rings is 2. The number of aromatic nitrogens is 6. The Balaban J connectivity index is 1.49. The van der Waals surface area contributed by atoms with Crippen molar-refractivity contribution >= 4 is 22.5 Å². The van der Waals surface area contributed by atoms with E-state index in [1.807, 2.05) is 36.5 Å². The number of aryl methyl sites for hydroxylation is 1. The Morgan fingerprint density at radius 2 is 1.82 bits per heavy atom. The molecule has 0 saturated heterocycles. The second-order valence-electron chi connectivity index (χ2n) is 10.5. The summed E-state index contributed by atoms with van der Waals surface area (Å²) in [7, 11) is 3.08. The van der Waals surface area contributed by atoms with Crippen molar-refractivity contribution in [2.24, 2.45) is 7.05 Å². The van der Waals surface area contributed by atoms with Crippen LogP contribution in [0.1, 0.15) is 40.6 Å². The molecule has 6 rings (SSSR count). The minimum atomic E-state index is -3.19. The van der Waals surface area contributed by atoms with Crippen molar-refractivity contribution in [1.29, 1.82) is 0 Å². The van der Waals surface area contributed by atoms with E-state index >= 15 is 4.39 Å². The first-order valence-electron chi connectivity index (χ1n) is 13.5. The third-order valence-electron chi connectivity index (χ3n) is 7.55. The van der Waals surface area contributed by atoms with Crippen molar-refractivity contribution in [2.75, 3.05) is 7.11 Å². The zero-order valence-electron chi connectivity index (χ0n) is 23.8. The maximum Gasteiger partial charge on any atom is 0.286 e. The second kappa shape index (κ2) is 11.1. The Labute approximate surface area is 255 Å². The fraction of sp³-hybridized carbons (Fsp3) is 0.188. The first-order valence-corrected chi connectivity index (χ1v) is 13.9. The summed E-state index contributed by atoms with van der Waals surface area (Å²) >= 11 is 6.96. The Morgan fingerprint density at radius 1 is 1.05 bits per heavy atom. The second-order valence-corrected chi connectivity index (χ2v) is 10.9. The fourth-order valence-electron chi connectivity index (χ4n) is 5.26. The molecule has 1 unspecified atom stereocenters. The third kappa shape index (κ3) is 5.07. The number of halogens is 4. The van der Waals surface area contributed by atoms with Crippen LogP contribution in [-0.4, -0.2) is 41.5 Å². The van der Waals surface area contributed by atoms with Crippen LogP contribution in [0.2, 0.25) is 5.02 Å². The minimum absolute atomic E-state index is 0.0557. The van der Waals surface area contributed by atoms with Crippen LogP contribution in [0.25, 0.3) is 16.6 Å². The standard InChI is InChI=1S/C32H26ClF3N6O2/c1-31(35,36)26-10-7-20(16-38-26)32(43,27-17-37-18-41(27)2)21-14-23-28(33)24(30(44-3)40-29(23)25(34)15-21)13-19-5-8-22(9-6-19)42-12-4-11-39-42/h4-12,14-18,43H,13H2,1-3H3. The third-order valence-corrected chi connectivity index (χ3v) is 7.98. The van der Waals surface area contributed by atoms with E-state index in [2.05, 4.69) is 20.1 Å². The van der Waals surface area contributed by atoms with Gasteiger partial charge < -0.3 is 14.4 Å². The molecule has 4 aromatic heterocycles. The Kier molecular flexibility index (Phi) is 7.38. The molecule has 224 valence electrons. The van der Waals surface area contributed by atoms with Gasteiger partial charge in [-0.15, -0.1) is 0 Å². The predicted octanol–water partition coefficient (Wildman–Crippen LogP) is 6.34. The molecule has 0 aliphatic carbocycles. The number of hydrogen-bond donors (Lipinski definition) is 1. The van der Waals surface area contributed by atoms with Gasteiger partial charge in [-0.2, -0.15) is 13.9 Å². The highest BCUT2D eigenvalue weighted by atomic mass is 35.5. The molecule has 0 aliphatic heterocycles. The van der Waals surface area contributed by atoms with Crippen LogP contribution < -0.4 is 4.74 Å². The molecule has 6 aromatic rings. The van der Waals surface area contributed by atoms with E-state index in [0.717, 1.165) is 36.5 Å². The van der Waals surface area contributed by atoms with E-state index in [-0.39, 0.29) is 38.6 Å². The molecule has 1 N–H and O–H groups in total. The molecule has 0 bridgehead atoms. The van der Waals surface area contributed by atoms with Gasteiger partial charge in [0, 0.05) is 55.5 Å². The summed E-state index contributed by atoms with van der Waals surface area (Å²) in [6, 6.07) is 14.6. The van der Waals surface area contributed by atoms with Crippen molar-refractivity contribution in [3.63, 3.8) is 0 Å². The summed E-state index contributed by atoms with van der Waals surface area (Å²) < 4.78 is 52.5. The Bertz CT molecular complexity index is 1960. The van der Waals surface area contributed by atoms with Crippen LogP contribution in [0.5, 0.6) is 5.88 Å². The maximum atomic E-state index is 15.9. The van der Waals surface area contributed by atoms with E-state index in [1.165, 1.54) is 31.8 Å². The van der Waals surface area contributed by atoms with Gasteiger partial charge in [-0.1, -0.05) is 29.8 Å². The average Bonchev–Trinajstić information content (AvgIpc) is 3.71. The summed E-state index contributed by atoms with van der Waals surface area (Å²) in [5.74, 6) is -3.79. The van der Waals surface area contributed by atoms with Gasteiger partial charge >= 0.3 is 0 Å². The number of fused-ring (bicyclic) bond motifs is 1. The zero-order valence-corrected chi connectivity index (χ0v) is 24.6. The lowest BCUT2D eigenvalue weighted by Gasteiger charge is -2.30. The van der Waals surface area contributed by atoms with Crippen molar-refractivity contribution in [1.82, 2.24) is 29.3 Å². The molecule has 0 amide bonds. The number of nitrogens with zero attached hydrogens (tertiary/aromatic N) is 6. The molecule has 4 heterocycles. The molecular formula is C32H26ClF3N6O2. The van der Waals surface area contributed by atoms with Crippen molar-refractivity contribution in [3.05, 3.63) is 130 Å². The smallest absolute Gasteiger partial charge is 0.286 e. The van der Waals surface area contributed by atoms with Crippen LogP contribution in [0.15, 0.2) is 85.7 Å². The summed E-state index contributed by atoms with van der Waals surface area (Å²) in [5.41, 5.74) is 0.175. The maximum absolute atomic E-state index is 15.9. The van der Waals surface area contributed by atoms with E-state index in [9.17, 15) is 13.9 Å². The highest BCUT2D eigenvalue weighted by Gasteiger charge is 2.39. The summed E-state index contributed by atoms with van der Waals surface area (Å²) in [5, 5.41) is 17.0. The number of rotatable bonds is 8. The van der Waals surface area contributed by atoms with Crippen molar-refractivity contribution in [3.8, 4) is 11.6 Å². The molecule has 1 atom stereocenters. The van der Waals surface area contributed by atoms with Gasteiger partial charge in [-0.25, -0.2) is 19.0 Å². The van der Waals surface area contributed by atoms with Crippen molar-refractivity contribution < 1.29 is 23.0 Å². The number of hydrogen-bond acceptors (Lipinski definition) is 6. The van der Waals surface area contributed by atoms with Crippen LogP contribution in [0, 0.1) is 5.82 Å². The predicted molar refractivity (Wildman–Crippen MR) is 159 cm³/mol. The molecule has 0 radical (unpaired) electrons. The first-order chi connectivity index (χ1) is 21.0. The Morgan fingerprint density at radius 3 is 2.41 bits per heavy atom. The average molecular weight is 619 g/mol. The SMILES string of the molecule is COc1nc2c(F)cc(C(O)(c3ccc(C(C)(F)F)nc3)c3cncn3C)cc2c(Cl)c1Cc1ccc(-n2cccn2)cc1. The lowest BCUT2D eigenvalue weighted by molar-refractivity contribution is 0.0125. The van der Waals surface area contributed by atoms with Crippen LogP contribution in [0.4, 0.5) is 13.2 Å². The lowest BCUT2D eigenvalue weighted by atomic mass is 9.83. The van der Waals surface area contributed by atoms with Crippen LogP contribution in [-0.2, 0) is 25.0 Å². The number of pyridine rings is 2. The summed E-state index contributed by atoms with van der Waals surface area (Å²) in [6.45, 7) is 0.732. The molecule has 0 aliphatic rings. The van der Waals surface area contributed by atoms with Gasteiger partial charge in [-0.05, 0) is 47.5 Å². The number of ether oxygens (including phenoxy) is 1. The molecule has 12 heteroatoms. The Hall–Kier alpha value is -4.74. The normalized spacial score (nSPS) is 13.3. The lowest BCUT2D eigenvalue weighted by Crippen LogP contribution is -2.32. The van der Waals surface area contributed by atoms with Gasteiger partial charge in [0.1, 0.15) is 17.0 Å².